The van der Waals surface area contributed by atoms with Crippen LogP contribution in [0.2, 0.25) is 5.02 Å². The van der Waals surface area contributed by atoms with Crippen LogP contribution in [0.15, 0.2) is 48.9 Å². The van der Waals surface area contributed by atoms with Crippen molar-refractivity contribution < 1.29 is 9.59 Å². The molecule has 2 aliphatic heterocycles. The normalized spacial score (nSPS) is 18.0. The summed E-state index contributed by atoms with van der Waals surface area (Å²) in [4.78, 5) is 32.3. The summed E-state index contributed by atoms with van der Waals surface area (Å²) in [6, 6.07) is 9.96. The summed E-state index contributed by atoms with van der Waals surface area (Å²) >= 11 is 6.10. The lowest BCUT2D eigenvalue weighted by Gasteiger charge is -2.34. The molecule has 0 saturated carbocycles. The molecule has 3 aromatic rings. The third-order valence-electron chi connectivity index (χ3n) is 7.59. The molecule has 2 fully saturated rings. The number of hydrogen-bond donors (Lipinski definition) is 2. The maximum absolute atomic E-state index is 12.8. The Labute approximate surface area is 216 Å². The van der Waals surface area contributed by atoms with E-state index < -0.39 is 0 Å². The van der Waals surface area contributed by atoms with Gasteiger partial charge in [-0.05, 0) is 86.5 Å². The molecule has 190 valence electrons. The summed E-state index contributed by atoms with van der Waals surface area (Å²) < 4.78 is 2.18. The molecule has 2 aromatic heterocycles. The Morgan fingerprint density at radius 1 is 1.03 bits per heavy atom. The Balaban J connectivity index is 1.17. The van der Waals surface area contributed by atoms with Crippen molar-refractivity contribution >= 4 is 34.4 Å². The molecule has 5 rings (SSSR count). The summed E-state index contributed by atoms with van der Waals surface area (Å²) in [6.07, 6.45) is 9.79. The molecule has 0 spiro atoms. The predicted molar refractivity (Wildman–Crippen MR) is 141 cm³/mol. The summed E-state index contributed by atoms with van der Waals surface area (Å²) in [5.41, 5.74) is 8.74. The van der Waals surface area contributed by atoms with Gasteiger partial charge in [0.1, 0.15) is 0 Å². The summed E-state index contributed by atoms with van der Waals surface area (Å²) in [5.74, 6) is 0.557. The molecule has 8 nitrogen and oxygen atoms in total. The monoisotopic (exact) mass is 508 g/mol. The summed E-state index contributed by atoms with van der Waals surface area (Å²) in [6.45, 7) is 4.20. The number of hydrogen-bond acceptors (Lipinski definition) is 4. The van der Waals surface area contributed by atoms with Crippen molar-refractivity contribution in [1.29, 1.82) is 0 Å². The second-order valence-electron chi connectivity index (χ2n) is 9.96. The smallest absolute Gasteiger partial charge is 0.317 e. The highest BCUT2D eigenvalue weighted by atomic mass is 35.5. The molecule has 9 heteroatoms. The Hall–Kier alpha value is -3.10. The van der Waals surface area contributed by atoms with E-state index in [0.29, 0.717) is 29.9 Å². The van der Waals surface area contributed by atoms with Gasteiger partial charge >= 0.3 is 6.03 Å². The molecular formula is C27H33ClN6O2. The van der Waals surface area contributed by atoms with Crippen molar-refractivity contribution in [3.05, 3.63) is 59.5 Å². The summed E-state index contributed by atoms with van der Waals surface area (Å²) in [5, 5.41) is 5.07. The lowest BCUT2D eigenvalue weighted by molar-refractivity contribution is -0.119. The molecule has 3 amide bonds. The van der Waals surface area contributed by atoms with Gasteiger partial charge in [0.2, 0.25) is 5.91 Å². The fourth-order valence-electron chi connectivity index (χ4n) is 5.55. The zero-order valence-electron chi connectivity index (χ0n) is 20.4. The van der Waals surface area contributed by atoms with Crippen LogP contribution in [0.5, 0.6) is 0 Å². The molecule has 1 aromatic carbocycles. The number of primary amides is 1. The molecule has 0 radical (unpaired) electrons. The number of pyridine rings is 1. The standard InChI is InChI=1S/C27H33ClN6O2/c28-21-1-3-22(4-2-21)34-17-24(23-5-10-30-16-25(23)34)20-8-13-33(14-9-20)27(36)31-15-19-6-11-32(12-7-19)18-26(29)35/h1-5,10,16-17,19-20H,6-9,11-15,18H2,(H2,29,35)(H,31,36). The number of fused-ring (bicyclic) bond motifs is 1. The Morgan fingerprint density at radius 3 is 2.44 bits per heavy atom. The third-order valence-corrected chi connectivity index (χ3v) is 7.85. The number of urea groups is 1. The van der Waals surface area contributed by atoms with Gasteiger partial charge in [0.05, 0.1) is 18.3 Å². The number of rotatable bonds is 6. The number of carbonyl (C=O) groups excluding carboxylic acids is 2. The van der Waals surface area contributed by atoms with E-state index in [2.05, 4.69) is 32.0 Å². The van der Waals surface area contributed by atoms with Crippen molar-refractivity contribution in [3.8, 4) is 5.69 Å². The number of nitrogens with one attached hydrogen (secondary N) is 1. The van der Waals surface area contributed by atoms with Gasteiger partial charge in [-0.25, -0.2) is 4.79 Å². The molecule has 0 atom stereocenters. The minimum absolute atomic E-state index is 0.0285. The molecule has 0 bridgehead atoms. The number of amides is 3. The predicted octanol–water partition coefficient (Wildman–Crippen LogP) is 3.77. The number of piperidine rings is 2. The van der Waals surface area contributed by atoms with E-state index in [4.69, 9.17) is 17.3 Å². The van der Waals surface area contributed by atoms with Gasteiger partial charge in [-0.3, -0.25) is 14.7 Å². The number of nitrogens with two attached hydrogens (primary N) is 1. The lowest BCUT2D eigenvalue weighted by atomic mass is 9.89. The first-order valence-electron chi connectivity index (χ1n) is 12.7. The number of aromatic nitrogens is 2. The van der Waals surface area contributed by atoms with E-state index in [9.17, 15) is 9.59 Å². The van der Waals surface area contributed by atoms with E-state index in [1.165, 1.54) is 10.9 Å². The quantitative estimate of drug-likeness (QED) is 0.529. The number of halogens is 1. The number of carbonyl (C=O) groups is 2. The van der Waals surface area contributed by atoms with Crippen molar-refractivity contribution in [2.45, 2.75) is 31.6 Å². The van der Waals surface area contributed by atoms with Gasteiger partial charge < -0.3 is 20.5 Å². The first-order chi connectivity index (χ1) is 17.5. The highest BCUT2D eigenvalue weighted by Gasteiger charge is 2.27. The van der Waals surface area contributed by atoms with Crippen LogP contribution in [0, 0.1) is 5.92 Å². The maximum Gasteiger partial charge on any atom is 0.317 e. The van der Waals surface area contributed by atoms with E-state index in [0.717, 1.165) is 63.1 Å². The van der Waals surface area contributed by atoms with Crippen LogP contribution >= 0.6 is 11.6 Å². The Kier molecular flexibility index (Phi) is 7.43. The van der Waals surface area contributed by atoms with E-state index in [1.807, 2.05) is 41.6 Å². The molecule has 2 saturated heterocycles. The van der Waals surface area contributed by atoms with E-state index in [1.54, 1.807) is 0 Å². The van der Waals surface area contributed by atoms with Crippen LogP contribution in [0.3, 0.4) is 0 Å². The Morgan fingerprint density at radius 2 is 1.75 bits per heavy atom. The van der Waals surface area contributed by atoms with Crippen LogP contribution < -0.4 is 11.1 Å². The second-order valence-corrected chi connectivity index (χ2v) is 10.4. The minimum atomic E-state index is -0.281. The van der Waals surface area contributed by atoms with Crippen molar-refractivity contribution in [2.24, 2.45) is 11.7 Å². The SMILES string of the molecule is NC(=O)CN1CCC(CNC(=O)N2CCC(c3cn(-c4ccc(Cl)cc4)c4cnccc34)CC2)CC1. The van der Waals surface area contributed by atoms with Crippen molar-refractivity contribution in [1.82, 2.24) is 24.7 Å². The van der Waals surface area contributed by atoms with Gasteiger partial charge in [-0.2, -0.15) is 0 Å². The molecule has 0 unspecified atom stereocenters. The van der Waals surface area contributed by atoms with Crippen LogP contribution in [0.1, 0.15) is 37.2 Å². The highest BCUT2D eigenvalue weighted by molar-refractivity contribution is 6.30. The molecule has 0 aliphatic carbocycles. The van der Waals surface area contributed by atoms with Crippen molar-refractivity contribution in [3.63, 3.8) is 0 Å². The topological polar surface area (TPSA) is 96.5 Å². The van der Waals surface area contributed by atoms with Crippen LogP contribution in [-0.2, 0) is 4.79 Å². The highest BCUT2D eigenvalue weighted by Crippen LogP contribution is 2.35. The average molecular weight is 509 g/mol. The first-order valence-corrected chi connectivity index (χ1v) is 13.1. The van der Waals surface area contributed by atoms with Crippen LogP contribution in [-0.4, -0.2) is 70.6 Å². The number of nitrogens with zero attached hydrogens (tertiary/aromatic N) is 4. The fraction of sp³-hybridized carbons (Fsp3) is 0.444. The largest absolute Gasteiger partial charge is 0.369 e. The number of benzene rings is 1. The minimum Gasteiger partial charge on any atom is -0.369 e. The lowest BCUT2D eigenvalue weighted by Crippen LogP contribution is -2.47. The fourth-order valence-corrected chi connectivity index (χ4v) is 5.67. The maximum atomic E-state index is 12.8. The molecule has 3 N–H and O–H groups in total. The summed E-state index contributed by atoms with van der Waals surface area (Å²) in [7, 11) is 0. The van der Waals surface area contributed by atoms with Crippen LogP contribution in [0.4, 0.5) is 4.79 Å². The zero-order chi connectivity index (χ0) is 25.1. The van der Waals surface area contributed by atoms with Crippen LogP contribution in [0.25, 0.3) is 16.6 Å². The van der Waals surface area contributed by atoms with Gasteiger partial charge in [-0.15, -0.1) is 0 Å². The molecular weight excluding hydrogens is 476 g/mol. The van der Waals surface area contributed by atoms with Crippen molar-refractivity contribution in [2.75, 3.05) is 39.3 Å². The molecule has 36 heavy (non-hydrogen) atoms. The van der Waals surface area contributed by atoms with Gasteiger partial charge in [0.25, 0.3) is 0 Å². The van der Waals surface area contributed by atoms with Gasteiger partial charge in [0, 0.05) is 48.1 Å². The number of likely N-dealkylation sites (tertiary alicyclic amines) is 2. The zero-order valence-corrected chi connectivity index (χ0v) is 21.2. The van der Waals surface area contributed by atoms with E-state index >= 15 is 0 Å². The second kappa shape index (κ2) is 10.9. The van der Waals surface area contributed by atoms with Gasteiger partial charge in [-0.1, -0.05) is 11.6 Å². The van der Waals surface area contributed by atoms with Gasteiger partial charge in [0.15, 0.2) is 0 Å². The molecule has 4 heterocycles. The average Bonchev–Trinajstić information content (AvgIpc) is 3.28. The Bertz CT molecular complexity index is 1210. The molecule has 2 aliphatic rings. The van der Waals surface area contributed by atoms with E-state index in [-0.39, 0.29) is 11.9 Å². The third kappa shape index (κ3) is 5.50. The first kappa shape index (κ1) is 24.6.